The molecule has 1 aliphatic heterocycles. The summed E-state index contributed by atoms with van der Waals surface area (Å²) in [5.74, 6) is 1.15. The molecular formula is C18H22N2O3. The van der Waals surface area contributed by atoms with E-state index in [4.69, 9.17) is 14.2 Å². The van der Waals surface area contributed by atoms with E-state index in [9.17, 15) is 0 Å². The van der Waals surface area contributed by atoms with Gasteiger partial charge in [-0.15, -0.1) is 0 Å². The molecule has 1 aromatic heterocycles. The second-order valence-corrected chi connectivity index (χ2v) is 5.30. The number of benzene rings is 1. The van der Waals surface area contributed by atoms with Gasteiger partial charge >= 0.3 is 0 Å². The molecule has 2 atom stereocenters. The zero-order chi connectivity index (χ0) is 15.9. The molecule has 0 radical (unpaired) electrons. The average molecular weight is 314 g/mol. The van der Waals surface area contributed by atoms with Crippen LogP contribution in [0.25, 0.3) is 0 Å². The number of hydrogen-bond donors (Lipinski definition) is 1. The number of nitrogens with one attached hydrogen (secondary N) is 1. The number of pyridine rings is 1. The predicted molar refractivity (Wildman–Crippen MR) is 87.8 cm³/mol. The summed E-state index contributed by atoms with van der Waals surface area (Å²) in [5.41, 5.74) is 1.08. The zero-order valence-corrected chi connectivity index (χ0v) is 13.3. The molecule has 5 nitrogen and oxygen atoms in total. The molecule has 0 unspecified atom stereocenters. The first-order valence-electron chi connectivity index (χ1n) is 8.00. The summed E-state index contributed by atoms with van der Waals surface area (Å²) in [6.07, 6.45) is 1.43. The Morgan fingerprint density at radius 3 is 2.87 bits per heavy atom. The molecule has 0 spiro atoms. The van der Waals surface area contributed by atoms with Crippen molar-refractivity contribution in [3.05, 3.63) is 54.2 Å². The van der Waals surface area contributed by atoms with Crippen LogP contribution in [-0.2, 0) is 4.74 Å². The normalized spacial score (nSPS) is 19.1. The van der Waals surface area contributed by atoms with Gasteiger partial charge in [-0.25, -0.2) is 4.98 Å². The van der Waals surface area contributed by atoms with Crippen molar-refractivity contribution in [1.82, 2.24) is 10.3 Å². The molecular weight excluding hydrogens is 292 g/mol. The average Bonchev–Trinajstić information content (AvgIpc) is 2.63. The van der Waals surface area contributed by atoms with Gasteiger partial charge in [0, 0.05) is 19.3 Å². The zero-order valence-electron chi connectivity index (χ0n) is 13.3. The van der Waals surface area contributed by atoms with Crippen LogP contribution in [0.5, 0.6) is 11.6 Å². The molecule has 2 aromatic rings. The third-order valence-corrected chi connectivity index (χ3v) is 3.69. The fourth-order valence-electron chi connectivity index (χ4n) is 2.63. The Morgan fingerprint density at radius 1 is 1.26 bits per heavy atom. The minimum atomic E-state index is -0.215. The van der Waals surface area contributed by atoms with Crippen LogP contribution in [0.4, 0.5) is 0 Å². The lowest BCUT2D eigenvalue weighted by Gasteiger charge is -2.31. The summed E-state index contributed by atoms with van der Waals surface area (Å²) in [7, 11) is 0. The molecule has 5 heteroatoms. The maximum absolute atomic E-state index is 6.27. The van der Waals surface area contributed by atoms with Crippen LogP contribution in [0.2, 0.25) is 0 Å². The summed E-state index contributed by atoms with van der Waals surface area (Å²) < 4.78 is 17.8. The Labute approximate surface area is 136 Å². The lowest BCUT2D eigenvalue weighted by molar-refractivity contribution is -0.0441. The number of aromatic nitrogens is 1. The summed E-state index contributed by atoms with van der Waals surface area (Å²) >= 11 is 0. The van der Waals surface area contributed by atoms with Gasteiger partial charge in [-0.1, -0.05) is 30.3 Å². The first kappa shape index (κ1) is 15.8. The van der Waals surface area contributed by atoms with Crippen molar-refractivity contribution in [2.24, 2.45) is 0 Å². The Morgan fingerprint density at radius 2 is 2.13 bits per heavy atom. The standard InChI is InChI=1S/C18H22N2O3/c1-2-21-18-15(9-6-10-20-18)23-17(14-7-4-3-5-8-14)16-13-19-11-12-22-16/h3-10,16-17,19H,2,11-13H2,1H3/t16-,17-/m0/s1. The fourth-order valence-corrected chi connectivity index (χ4v) is 2.63. The van der Waals surface area contributed by atoms with Gasteiger partial charge in [0.05, 0.1) is 13.2 Å². The highest BCUT2D eigenvalue weighted by molar-refractivity contribution is 5.34. The van der Waals surface area contributed by atoms with Gasteiger partial charge in [-0.2, -0.15) is 0 Å². The molecule has 0 bridgehead atoms. The maximum Gasteiger partial charge on any atom is 0.257 e. The van der Waals surface area contributed by atoms with E-state index in [2.05, 4.69) is 22.4 Å². The molecule has 1 N–H and O–H groups in total. The first-order chi connectivity index (χ1) is 11.4. The van der Waals surface area contributed by atoms with Crippen molar-refractivity contribution in [1.29, 1.82) is 0 Å². The van der Waals surface area contributed by atoms with Crippen molar-refractivity contribution in [3.63, 3.8) is 0 Å². The van der Waals surface area contributed by atoms with Gasteiger partial charge in [0.1, 0.15) is 6.10 Å². The van der Waals surface area contributed by atoms with E-state index < -0.39 is 0 Å². The largest absolute Gasteiger partial charge is 0.477 e. The monoisotopic (exact) mass is 314 g/mol. The van der Waals surface area contributed by atoms with Gasteiger partial charge in [0.15, 0.2) is 11.9 Å². The van der Waals surface area contributed by atoms with E-state index in [1.54, 1.807) is 6.20 Å². The second kappa shape index (κ2) is 7.94. The van der Waals surface area contributed by atoms with Crippen LogP contribution in [0.15, 0.2) is 48.7 Å². The lowest BCUT2D eigenvalue weighted by Crippen LogP contribution is -2.43. The van der Waals surface area contributed by atoms with E-state index in [1.807, 2.05) is 37.3 Å². The van der Waals surface area contributed by atoms with E-state index in [0.29, 0.717) is 24.8 Å². The third-order valence-electron chi connectivity index (χ3n) is 3.69. The molecule has 0 aliphatic carbocycles. The predicted octanol–water partition coefficient (Wildman–Crippen LogP) is 2.59. The quantitative estimate of drug-likeness (QED) is 0.888. The Balaban J connectivity index is 1.86. The van der Waals surface area contributed by atoms with Crippen LogP contribution in [0.1, 0.15) is 18.6 Å². The second-order valence-electron chi connectivity index (χ2n) is 5.30. The Kier molecular flexibility index (Phi) is 5.45. The highest BCUT2D eigenvalue weighted by atomic mass is 16.6. The topological polar surface area (TPSA) is 52.6 Å². The number of hydrogen-bond acceptors (Lipinski definition) is 5. The number of morpholine rings is 1. The number of ether oxygens (including phenoxy) is 3. The maximum atomic E-state index is 6.27. The van der Waals surface area contributed by atoms with E-state index in [1.165, 1.54) is 0 Å². The molecule has 122 valence electrons. The number of rotatable bonds is 6. The molecule has 1 saturated heterocycles. The van der Waals surface area contributed by atoms with Crippen LogP contribution >= 0.6 is 0 Å². The summed E-state index contributed by atoms with van der Waals surface area (Å²) in [5, 5.41) is 3.36. The van der Waals surface area contributed by atoms with E-state index in [0.717, 1.165) is 18.7 Å². The van der Waals surface area contributed by atoms with Crippen LogP contribution in [-0.4, -0.2) is 37.4 Å². The fraction of sp³-hybridized carbons (Fsp3) is 0.389. The molecule has 1 aromatic carbocycles. The highest BCUT2D eigenvalue weighted by Crippen LogP contribution is 2.32. The van der Waals surface area contributed by atoms with Gasteiger partial charge in [-0.05, 0) is 24.6 Å². The lowest BCUT2D eigenvalue weighted by atomic mass is 10.0. The summed E-state index contributed by atoms with van der Waals surface area (Å²) in [6.45, 7) is 4.79. The van der Waals surface area contributed by atoms with Crippen molar-refractivity contribution in [2.75, 3.05) is 26.3 Å². The minimum Gasteiger partial charge on any atom is -0.477 e. The first-order valence-corrected chi connectivity index (χ1v) is 8.00. The van der Waals surface area contributed by atoms with Gasteiger partial charge in [-0.3, -0.25) is 0 Å². The van der Waals surface area contributed by atoms with E-state index in [-0.39, 0.29) is 12.2 Å². The van der Waals surface area contributed by atoms with Crippen molar-refractivity contribution < 1.29 is 14.2 Å². The third kappa shape index (κ3) is 4.00. The summed E-state index contributed by atoms with van der Waals surface area (Å²) in [4.78, 5) is 4.26. The van der Waals surface area contributed by atoms with Gasteiger partial charge < -0.3 is 19.5 Å². The Bertz CT molecular complexity index is 600. The highest BCUT2D eigenvalue weighted by Gasteiger charge is 2.28. The smallest absolute Gasteiger partial charge is 0.257 e. The summed E-state index contributed by atoms with van der Waals surface area (Å²) in [6, 6.07) is 13.8. The van der Waals surface area contributed by atoms with Crippen LogP contribution < -0.4 is 14.8 Å². The molecule has 1 fully saturated rings. The van der Waals surface area contributed by atoms with Crippen molar-refractivity contribution in [3.8, 4) is 11.6 Å². The number of nitrogens with zero attached hydrogens (tertiary/aromatic N) is 1. The molecule has 2 heterocycles. The Hall–Kier alpha value is -2.11. The van der Waals surface area contributed by atoms with Crippen molar-refractivity contribution >= 4 is 0 Å². The minimum absolute atomic E-state index is 0.0548. The molecule has 0 saturated carbocycles. The van der Waals surface area contributed by atoms with E-state index >= 15 is 0 Å². The van der Waals surface area contributed by atoms with Gasteiger partial charge in [0.2, 0.25) is 0 Å². The molecule has 23 heavy (non-hydrogen) atoms. The van der Waals surface area contributed by atoms with Crippen molar-refractivity contribution in [2.45, 2.75) is 19.1 Å². The molecule has 3 rings (SSSR count). The van der Waals surface area contributed by atoms with Crippen LogP contribution in [0, 0.1) is 0 Å². The SMILES string of the molecule is CCOc1ncccc1O[C@@H](c1ccccc1)[C@@H]1CNCCO1. The van der Waals surface area contributed by atoms with Gasteiger partial charge in [0.25, 0.3) is 5.88 Å². The van der Waals surface area contributed by atoms with Crippen LogP contribution in [0.3, 0.4) is 0 Å². The molecule has 0 amide bonds. The molecule has 1 aliphatic rings.